The number of likely N-dealkylation sites (tertiary alicyclic amines) is 1. The molecule has 0 aromatic heterocycles. The maximum Gasteiger partial charge on any atom is 0.191 e. The van der Waals surface area contributed by atoms with Crippen LogP contribution in [-0.2, 0) is 0 Å². The molecule has 142 valence electrons. The summed E-state index contributed by atoms with van der Waals surface area (Å²) in [7, 11) is 1.89. The van der Waals surface area contributed by atoms with E-state index in [0.717, 1.165) is 24.5 Å². The monoisotopic (exact) mass is 450 g/mol. The van der Waals surface area contributed by atoms with E-state index < -0.39 is 0 Å². The van der Waals surface area contributed by atoms with Crippen molar-refractivity contribution in [2.75, 3.05) is 26.7 Å². The summed E-state index contributed by atoms with van der Waals surface area (Å²) in [6.45, 7) is 8.09. The highest BCUT2D eigenvalue weighted by Crippen LogP contribution is 2.25. The zero-order valence-corrected chi connectivity index (χ0v) is 18.4. The van der Waals surface area contributed by atoms with Crippen LogP contribution in [0.2, 0.25) is 0 Å². The van der Waals surface area contributed by atoms with Crippen LogP contribution in [0.15, 0.2) is 4.99 Å². The molecule has 0 aromatic carbocycles. The second kappa shape index (κ2) is 12.3. The molecule has 0 radical (unpaired) electrons. The molecule has 1 saturated carbocycles. The van der Waals surface area contributed by atoms with Crippen LogP contribution in [0.1, 0.15) is 71.6 Å². The van der Waals surface area contributed by atoms with Gasteiger partial charge in [0.1, 0.15) is 0 Å². The summed E-state index contributed by atoms with van der Waals surface area (Å²) in [5.74, 6) is 1.75. The Bertz CT molecular complexity index is 343. The first-order valence-electron chi connectivity index (χ1n) is 9.98. The van der Waals surface area contributed by atoms with Gasteiger partial charge in [-0.3, -0.25) is 4.99 Å². The Balaban J connectivity index is 0.00000288. The molecule has 1 saturated heterocycles. The average molecular weight is 450 g/mol. The van der Waals surface area contributed by atoms with E-state index in [2.05, 4.69) is 34.4 Å². The van der Waals surface area contributed by atoms with Crippen LogP contribution in [0.25, 0.3) is 0 Å². The van der Waals surface area contributed by atoms with Crippen LogP contribution in [0.5, 0.6) is 0 Å². The van der Waals surface area contributed by atoms with Gasteiger partial charge in [-0.1, -0.05) is 46.0 Å². The van der Waals surface area contributed by atoms with Gasteiger partial charge in [-0.15, -0.1) is 24.0 Å². The van der Waals surface area contributed by atoms with Gasteiger partial charge in [-0.25, -0.2) is 0 Å². The predicted molar refractivity (Wildman–Crippen MR) is 115 cm³/mol. The van der Waals surface area contributed by atoms with E-state index in [1.807, 2.05) is 7.05 Å². The first-order valence-corrected chi connectivity index (χ1v) is 9.98. The fraction of sp³-hybridized carbons (Fsp3) is 0.947. The Morgan fingerprint density at radius 1 is 1.04 bits per heavy atom. The number of hydrogen-bond acceptors (Lipinski definition) is 2. The van der Waals surface area contributed by atoms with Crippen LogP contribution < -0.4 is 10.6 Å². The normalized spacial score (nSPS) is 21.6. The van der Waals surface area contributed by atoms with Gasteiger partial charge in [0.05, 0.1) is 0 Å². The topological polar surface area (TPSA) is 39.7 Å². The van der Waals surface area contributed by atoms with Gasteiger partial charge in [0, 0.05) is 38.8 Å². The molecule has 0 aromatic rings. The third-order valence-electron chi connectivity index (χ3n) is 5.90. The van der Waals surface area contributed by atoms with E-state index in [1.54, 1.807) is 0 Å². The maximum absolute atomic E-state index is 4.41. The molecular weight excluding hydrogens is 411 g/mol. The van der Waals surface area contributed by atoms with Crippen molar-refractivity contribution in [1.82, 2.24) is 15.5 Å². The zero-order chi connectivity index (χ0) is 16.5. The average Bonchev–Trinajstić information content (AvgIpc) is 2.62. The van der Waals surface area contributed by atoms with E-state index in [4.69, 9.17) is 0 Å². The van der Waals surface area contributed by atoms with Crippen molar-refractivity contribution in [2.24, 2.45) is 10.9 Å². The quantitative estimate of drug-likeness (QED) is 0.365. The van der Waals surface area contributed by atoms with Gasteiger partial charge in [-0.2, -0.15) is 0 Å². The number of aliphatic imine (C=N–C) groups is 1. The van der Waals surface area contributed by atoms with E-state index in [9.17, 15) is 0 Å². The Morgan fingerprint density at radius 3 is 2.21 bits per heavy atom. The number of guanidine groups is 1. The Labute approximate surface area is 166 Å². The molecule has 2 rings (SSSR count). The van der Waals surface area contributed by atoms with E-state index in [0.29, 0.717) is 6.04 Å². The predicted octanol–water partition coefficient (Wildman–Crippen LogP) is 4.00. The van der Waals surface area contributed by atoms with E-state index in [1.165, 1.54) is 70.9 Å². The first kappa shape index (κ1) is 22.0. The second-order valence-electron chi connectivity index (χ2n) is 7.38. The Hall–Kier alpha value is -0.0400. The Kier molecular flexibility index (Phi) is 11.3. The van der Waals surface area contributed by atoms with Crippen molar-refractivity contribution in [1.29, 1.82) is 0 Å². The number of nitrogens with one attached hydrogen (secondary N) is 2. The molecule has 5 heteroatoms. The van der Waals surface area contributed by atoms with Gasteiger partial charge in [0.15, 0.2) is 5.96 Å². The van der Waals surface area contributed by atoms with Gasteiger partial charge >= 0.3 is 0 Å². The lowest BCUT2D eigenvalue weighted by atomic mass is 9.92. The molecule has 0 bridgehead atoms. The number of nitrogens with zero attached hydrogens (tertiary/aromatic N) is 2. The van der Waals surface area contributed by atoms with Crippen molar-refractivity contribution in [2.45, 2.75) is 83.7 Å². The number of piperidine rings is 1. The van der Waals surface area contributed by atoms with E-state index >= 15 is 0 Å². The summed E-state index contributed by atoms with van der Waals surface area (Å²) in [5.41, 5.74) is 0. The molecule has 1 aliphatic carbocycles. The molecule has 0 amide bonds. The number of halogens is 1. The van der Waals surface area contributed by atoms with Crippen molar-refractivity contribution < 1.29 is 0 Å². The summed E-state index contributed by atoms with van der Waals surface area (Å²) in [6.07, 6.45) is 12.2. The first-order chi connectivity index (χ1) is 11.3. The smallest absolute Gasteiger partial charge is 0.191 e. The highest BCUT2D eigenvalue weighted by atomic mass is 127. The second-order valence-corrected chi connectivity index (χ2v) is 7.38. The lowest BCUT2D eigenvalue weighted by Gasteiger charge is -2.39. The largest absolute Gasteiger partial charge is 0.356 e. The van der Waals surface area contributed by atoms with Gasteiger partial charge in [0.25, 0.3) is 0 Å². The molecule has 0 atom stereocenters. The van der Waals surface area contributed by atoms with Crippen molar-refractivity contribution in [3.8, 4) is 0 Å². The summed E-state index contributed by atoms with van der Waals surface area (Å²) in [5, 5.41) is 7.16. The minimum absolute atomic E-state index is 0. The lowest BCUT2D eigenvalue weighted by Crippen LogP contribution is -2.51. The minimum atomic E-state index is 0. The molecule has 2 aliphatic rings. The third-order valence-corrected chi connectivity index (χ3v) is 5.90. The van der Waals surface area contributed by atoms with Crippen LogP contribution in [0.3, 0.4) is 0 Å². The number of rotatable bonds is 6. The minimum Gasteiger partial charge on any atom is -0.356 e. The molecule has 0 spiro atoms. The SMILES string of the molecule is CCC(CC)CNC(=NC)NC1CCN(C2CCCCC2)CC1.I. The fourth-order valence-electron chi connectivity index (χ4n) is 4.06. The van der Waals surface area contributed by atoms with Gasteiger partial charge in [-0.05, 0) is 31.6 Å². The highest BCUT2D eigenvalue weighted by molar-refractivity contribution is 14.0. The van der Waals surface area contributed by atoms with Crippen molar-refractivity contribution in [3.63, 3.8) is 0 Å². The highest BCUT2D eigenvalue weighted by Gasteiger charge is 2.26. The molecule has 2 N–H and O–H groups in total. The van der Waals surface area contributed by atoms with Gasteiger partial charge in [0.2, 0.25) is 0 Å². The standard InChI is InChI=1S/C19H38N4.HI/c1-4-16(5-2)15-21-19(20-3)22-17-11-13-23(14-12-17)18-9-7-6-8-10-18;/h16-18H,4-15H2,1-3H3,(H2,20,21,22);1H. The van der Waals surface area contributed by atoms with Crippen LogP contribution >= 0.6 is 24.0 Å². The molecule has 1 aliphatic heterocycles. The molecule has 1 heterocycles. The van der Waals surface area contributed by atoms with Crippen LogP contribution in [-0.4, -0.2) is 49.6 Å². The van der Waals surface area contributed by atoms with Crippen LogP contribution in [0.4, 0.5) is 0 Å². The maximum atomic E-state index is 4.41. The molecule has 4 nitrogen and oxygen atoms in total. The lowest BCUT2D eigenvalue weighted by molar-refractivity contribution is 0.119. The zero-order valence-electron chi connectivity index (χ0n) is 16.0. The summed E-state index contributed by atoms with van der Waals surface area (Å²) in [6, 6.07) is 1.46. The van der Waals surface area contributed by atoms with E-state index in [-0.39, 0.29) is 24.0 Å². The molecule has 24 heavy (non-hydrogen) atoms. The molecule has 0 unspecified atom stereocenters. The van der Waals surface area contributed by atoms with Crippen molar-refractivity contribution in [3.05, 3.63) is 0 Å². The third kappa shape index (κ3) is 7.06. The summed E-state index contributed by atoms with van der Waals surface area (Å²) in [4.78, 5) is 7.16. The van der Waals surface area contributed by atoms with Crippen LogP contribution in [0, 0.1) is 5.92 Å². The molecular formula is C19H39IN4. The van der Waals surface area contributed by atoms with Crippen molar-refractivity contribution >= 4 is 29.9 Å². The van der Waals surface area contributed by atoms with Gasteiger partial charge < -0.3 is 15.5 Å². The summed E-state index contributed by atoms with van der Waals surface area (Å²) < 4.78 is 0. The molecule has 2 fully saturated rings. The number of hydrogen-bond donors (Lipinski definition) is 2. The fourth-order valence-corrected chi connectivity index (χ4v) is 4.06. The Morgan fingerprint density at radius 2 is 1.67 bits per heavy atom. The summed E-state index contributed by atoms with van der Waals surface area (Å²) >= 11 is 0.